The van der Waals surface area contributed by atoms with Crippen LogP contribution < -0.4 is 5.32 Å². The summed E-state index contributed by atoms with van der Waals surface area (Å²) in [4.78, 5) is 7.09. The van der Waals surface area contributed by atoms with E-state index in [-0.39, 0.29) is 0 Å². The highest BCUT2D eigenvalue weighted by atomic mass is 15.1. The second-order valence-electron chi connectivity index (χ2n) is 5.23. The van der Waals surface area contributed by atoms with E-state index in [0.29, 0.717) is 0 Å². The second-order valence-corrected chi connectivity index (χ2v) is 5.23. The minimum absolute atomic E-state index is 0.882. The van der Waals surface area contributed by atoms with Crippen LogP contribution in [-0.4, -0.2) is 23.0 Å². The third-order valence-corrected chi connectivity index (χ3v) is 3.44. The average molecular weight is 283 g/mol. The summed E-state index contributed by atoms with van der Waals surface area (Å²) in [6.45, 7) is 8.19. The number of anilines is 1. The highest BCUT2D eigenvalue weighted by Gasteiger charge is 2.06. The van der Waals surface area contributed by atoms with Crippen LogP contribution in [0.25, 0.3) is 0 Å². The van der Waals surface area contributed by atoms with Crippen LogP contribution in [0.5, 0.6) is 0 Å². The van der Waals surface area contributed by atoms with E-state index in [4.69, 9.17) is 0 Å². The summed E-state index contributed by atoms with van der Waals surface area (Å²) in [6, 6.07) is 16.8. The first-order chi connectivity index (χ1) is 10.3. The van der Waals surface area contributed by atoms with Crippen molar-refractivity contribution in [3.63, 3.8) is 0 Å². The standard InChI is InChI=1S/C18H25N3/c1-3-13-19-18-12-8-11-17(20-18)15-21(4-2)14-16-9-6-5-7-10-16/h5-12H,3-4,13-15H2,1-2H3,(H,19,20). The molecule has 3 nitrogen and oxygen atoms in total. The Morgan fingerprint density at radius 1 is 0.952 bits per heavy atom. The maximum absolute atomic E-state index is 4.69. The van der Waals surface area contributed by atoms with E-state index in [9.17, 15) is 0 Å². The van der Waals surface area contributed by atoms with Crippen LogP contribution in [0.2, 0.25) is 0 Å². The van der Waals surface area contributed by atoms with Gasteiger partial charge in [-0.3, -0.25) is 4.90 Å². The van der Waals surface area contributed by atoms with E-state index in [2.05, 4.69) is 71.5 Å². The molecule has 1 aromatic carbocycles. The summed E-state index contributed by atoms with van der Waals surface area (Å²) in [6.07, 6.45) is 1.11. The van der Waals surface area contributed by atoms with Gasteiger partial charge in [-0.05, 0) is 30.7 Å². The van der Waals surface area contributed by atoms with Gasteiger partial charge in [-0.2, -0.15) is 0 Å². The molecule has 0 fully saturated rings. The van der Waals surface area contributed by atoms with Crippen molar-refractivity contribution in [2.75, 3.05) is 18.4 Å². The van der Waals surface area contributed by atoms with Crippen LogP contribution in [0.1, 0.15) is 31.5 Å². The molecule has 3 heteroatoms. The van der Waals surface area contributed by atoms with E-state index in [1.54, 1.807) is 0 Å². The van der Waals surface area contributed by atoms with Crippen LogP contribution in [0, 0.1) is 0 Å². The highest BCUT2D eigenvalue weighted by Crippen LogP contribution is 2.10. The highest BCUT2D eigenvalue weighted by molar-refractivity contribution is 5.35. The lowest BCUT2D eigenvalue weighted by atomic mass is 10.2. The Balaban J connectivity index is 1.98. The maximum Gasteiger partial charge on any atom is 0.126 e. The molecule has 0 spiro atoms. The van der Waals surface area contributed by atoms with E-state index in [0.717, 1.165) is 44.1 Å². The molecule has 1 heterocycles. The number of hydrogen-bond donors (Lipinski definition) is 1. The van der Waals surface area contributed by atoms with Crippen LogP contribution in [0.3, 0.4) is 0 Å². The van der Waals surface area contributed by atoms with Gasteiger partial charge in [0, 0.05) is 19.6 Å². The van der Waals surface area contributed by atoms with Crippen molar-refractivity contribution < 1.29 is 0 Å². The Labute approximate surface area is 128 Å². The van der Waals surface area contributed by atoms with Gasteiger partial charge in [0.1, 0.15) is 5.82 Å². The van der Waals surface area contributed by atoms with Crippen molar-refractivity contribution in [2.45, 2.75) is 33.4 Å². The van der Waals surface area contributed by atoms with Gasteiger partial charge in [0.15, 0.2) is 0 Å². The number of nitrogens with zero attached hydrogens (tertiary/aromatic N) is 2. The summed E-state index contributed by atoms with van der Waals surface area (Å²) < 4.78 is 0. The smallest absolute Gasteiger partial charge is 0.126 e. The van der Waals surface area contributed by atoms with Crippen molar-refractivity contribution in [2.24, 2.45) is 0 Å². The van der Waals surface area contributed by atoms with Gasteiger partial charge in [-0.15, -0.1) is 0 Å². The fourth-order valence-corrected chi connectivity index (χ4v) is 2.27. The Morgan fingerprint density at radius 3 is 2.48 bits per heavy atom. The van der Waals surface area contributed by atoms with Crippen molar-refractivity contribution >= 4 is 5.82 Å². The molecule has 0 radical (unpaired) electrons. The molecule has 2 aromatic rings. The molecule has 0 unspecified atom stereocenters. The lowest BCUT2D eigenvalue weighted by Crippen LogP contribution is -2.23. The molecule has 1 N–H and O–H groups in total. The number of hydrogen-bond acceptors (Lipinski definition) is 3. The summed E-state index contributed by atoms with van der Waals surface area (Å²) in [5.41, 5.74) is 2.47. The average Bonchev–Trinajstić information content (AvgIpc) is 2.53. The largest absolute Gasteiger partial charge is 0.370 e. The molecule has 0 aliphatic rings. The minimum atomic E-state index is 0.882. The molecule has 112 valence electrons. The van der Waals surface area contributed by atoms with Crippen molar-refractivity contribution in [3.05, 3.63) is 59.8 Å². The fourth-order valence-electron chi connectivity index (χ4n) is 2.27. The van der Waals surface area contributed by atoms with Crippen LogP contribution in [0.15, 0.2) is 48.5 Å². The van der Waals surface area contributed by atoms with Crippen molar-refractivity contribution in [1.82, 2.24) is 9.88 Å². The maximum atomic E-state index is 4.69. The number of pyridine rings is 1. The molecule has 0 atom stereocenters. The zero-order valence-electron chi connectivity index (χ0n) is 13.0. The van der Waals surface area contributed by atoms with Gasteiger partial charge in [-0.1, -0.05) is 50.2 Å². The third kappa shape index (κ3) is 5.20. The first kappa shape index (κ1) is 15.5. The molecule has 1 aromatic heterocycles. The van der Waals surface area contributed by atoms with Crippen LogP contribution in [0.4, 0.5) is 5.82 Å². The number of rotatable bonds is 8. The molecule has 0 aliphatic heterocycles. The lowest BCUT2D eigenvalue weighted by molar-refractivity contribution is 0.268. The van der Waals surface area contributed by atoms with Gasteiger partial charge in [0.2, 0.25) is 0 Å². The first-order valence-corrected chi connectivity index (χ1v) is 7.78. The predicted molar refractivity (Wildman–Crippen MR) is 89.2 cm³/mol. The Bertz CT molecular complexity index is 525. The van der Waals surface area contributed by atoms with E-state index in [1.165, 1.54) is 5.56 Å². The number of benzene rings is 1. The lowest BCUT2D eigenvalue weighted by Gasteiger charge is -2.20. The van der Waals surface area contributed by atoms with Crippen molar-refractivity contribution in [1.29, 1.82) is 0 Å². The fraction of sp³-hybridized carbons (Fsp3) is 0.389. The zero-order chi connectivity index (χ0) is 14.9. The summed E-state index contributed by atoms with van der Waals surface area (Å²) in [5.74, 6) is 0.977. The topological polar surface area (TPSA) is 28.2 Å². The Hall–Kier alpha value is -1.87. The molecule has 2 rings (SSSR count). The monoisotopic (exact) mass is 283 g/mol. The molecule has 0 bridgehead atoms. The molecular formula is C18H25N3. The van der Waals surface area contributed by atoms with E-state index < -0.39 is 0 Å². The summed E-state index contributed by atoms with van der Waals surface area (Å²) >= 11 is 0. The minimum Gasteiger partial charge on any atom is -0.370 e. The molecular weight excluding hydrogens is 258 g/mol. The normalized spacial score (nSPS) is 10.8. The van der Waals surface area contributed by atoms with Crippen LogP contribution >= 0.6 is 0 Å². The third-order valence-electron chi connectivity index (χ3n) is 3.44. The second kappa shape index (κ2) is 8.42. The number of aromatic nitrogens is 1. The van der Waals surface area contributed by atoms with Gasteiger partial charge in [0.25, 0.3) is 0 Å². The first-order valence-electron chi connectivity index (χ1n) is 7.78. The van der Waals surface area contributed by atoms with Crippen molar-refractivity contribution in [3.8, 4) is 0 Å². The Kier molecular flexibility index (Phi) is 6.22. The Morgan fingerprint density at radius 2 is 1.76 bits per heavy atom. The summed E-state index contributed by atoms with van der Waals surface area (Å²) in [5, 5.41) is 3.35. The molecule has 0 saturated heterocycles. The molecule has 21 heavy (non-hydrogen) atoms. The predicted octanol–water partition coefficient (Wildman–Crippen LogP) is 3.93. The SMILES string of the molecule is CCCNc1cccc(CN(CC)Cc2ccccc2)n1. The molecule has 0 amide bonds. The van der Waals surface area contributed by atoms with Gasteiger partial charge in [-0.25, -0.2) is 4.98 Å². The molecule has 0 aliphatic carbocycles. The quantitative estimate of drug-likeness (QED) is 0.795. The van der Waals surface area contributed by atoms with E-state index >= 15 is 0 Å². The van der Waals surface area contributed by atoms with E-state index in [1.807, 2.05) is 6.07 Å². The van der Waals surface area contributed by atoms with Gasteiger partial charge >= 0.3 is 0 Å². The van der Waals surface area contributed by atoms with Gasteiger partial charge in [0.05, 0.1) is 5.69 Å². The summed E-state index contributed by atoms with van der Waals surface area (Å²) in [7, 11) is 0. The zero-order valence-corrected chi connectivity index (χ0v) is 13.0. The molecule has 0 saturated carbocycles. The van der Waals surface area contributed by atoms with Gasteiger partial charge < -0.3 is 5.32 Å². The van der Waals surface area contributed by atoms with Crippen LogP contribution in [-0.2, 0) is 13.1 Å². The number of nitrogens with one attached hydrogen (secondary N) is 1.